The Morgan fingerprint density at radius 2 is 2.45 bits per heavy atom. The highest BCUT2D eigenvalue weighted by Gasteiger charge is 2.14. The van der Waals surface area contributed by atoms with E-state index < -0.39 is 0 Å². The molecule has 0 amide bonds. The van der Waals surface area contributed by atoms with Crippen LogP contribution in [0.1, 0.15) is 0 Å². The summed E-state index contributed by atoms with van der Waals surface area (Å²) in [6, 6.07) is 0. The van der Waals surface area contributed by atoms with Crippen LogP contribution in [-0.4, -0.2) is 31.6 Å². The number of allylic oxidation sites excluding steroid dienone is 2. The molecule has 3 nitrogen and oxygen atoms in total. The third-order valence-corrected chi connectivity index (χ3v) is 1.58. The standard InChI is InChI=1S/C8H11NO2/c1-9-6-4-3-5-7(9)8(10)11-2/h3-5H,6H2,1-2H3. The molecule has 0 saturated heterocycles. The van der Waals surface area contributed by atoms with E-state index in [0.29, 0.717) is 5.70 Å². The average Bonchev–Trinajstić information content (AvgIpc) is 2.04. The molecule has 0 radical (unpaired) electrons. The lowest BCUT2D eigenvalue weighted by Crippen LogP contribution is -2.26. The van der Waals surface area contributed by atoms with Gasteiger partial charge in [-0.1, -0.05) is 12.2 Å². The number of likely N-dealkylation sites (N-methyl/N-ethyl adjacent to an activating group) is 1. The van der Waals surface area contributed by atoms with Crippen molar-refractivity contribution in [2.45, 2.75) is 0 Å². The van der Waals surface area contributed by atoms with E-state index in [1.807, 2.05) is 24.1 Å². The lowest BCUT2D eigenvalue weighted by atomic mass is 10.2. The van der Waals surface area contributed by atoms with Gasteiger partial charge in [-0.3, -0.25) is 0 Å². The van der Waals surface area contributed by atoms with Crippen LogP contribution in [0.25, 0.3) is 0 Å². The van der Waals surface area contributed by atoms with Crippen molar-refractivity contribution in [3.8, 4) is 0 Å². The molecule has 0 atom stereocenters. The van der Waals surface area contributed by atoms with Crippen molar-refractivity contribution in [3.05, 3.63) is 23.9 Å². The van der Waals surface area contributed by atoms with Crippen molar-refractivity contribution in [1.29, 1.82) is 0 Å². The van der Waals surface area contributed by atoms with Crippen LogP contribution in [0.15, 0.2) is 23.9 Å². The number of methoxy groups -OCH3 is 1. The second-order valence-corrected chi connectivity index (χ2v) is 2.35. The third kappa shape index (κ3) is 1.61. The summed E-state index contributed by atoms with van der Waals surface area (Å²) >= 11 is 0. The lowest BCUT2D eigenvalue weighted by molar-refractivity contribution is -0.137. The molecule has 0 N–H and O–H groups in total. The number of nitrogens with zero attached hydrogens (tertiary/aromatic N) is 1. The van der Waals surface area contributed by atoms with E-state index in [-0.39, 0.29) is 5.97 Å². The Balaban J connectivity index is 2.75. The van der Waals surface area contributed by atoms with Gasteiger partial charge in [0, 0.05) is 13.6 Å². The predicted molar refractivity (Wildman–Crippen MR) is 41.9 cm³/mol. The number of rotatable bonds is 1. The first-order valence-corrected chi connectivity index (χ1v) is 3.42. The minimum Gasteiger partial charge on any atom is -0.464 e. The number of esters is 1. The van der Waals surface area contributed by atoms with E-state index in [4.69, 9.17) is 0 Å². The fraction of sp³-hybridized carbons (Fsp3) is 0.375. The van der Waals surface area contributed by atoms with E-state index in [9.17, 15) is 4.79 Å². The highest BCUT2D eigenvalue weighted by Crippen LogP contribution is 2.07. The molecule has 1 aliphatic heterocycles. The van der Waals surface area contributed by atoms with Crippen molar-refractivity contribution in [2.24, 2.45) is 0 Å². The van der Waals surface area contributed by atoms with Gasteiger partial charge in [-0.15, -0.1) is 0 Å². The molecule has 1 heterocycles. The van der Waals surface area contributed by atoms with Gasteiger partial charge in [0.1, 0.15) is 5.70 Å². The van der Waals surface area contributed by atoms with Gasteiger partial charge in [-0.2, -0.15) is 0 Å². The summed E-state index contributed by atoms with van der Waals surface area (Å²) in [5.74, 6) is -0.281. The Kier molecular flexibility index (Phi) is 2.31. The summed E-state index contributed by atoms with van der Waals surface area (Å²) in [6.45, 7) is 0.765. The largest absolute Gasteiger partial charge is 0.464 e. The molecule has 0 spiro atoms. The predicted octanol–water partition coefficient (Wildman–Crippen LogP) is 0.545. The third-order valence-electron chi connectivity index (χ3n) is 1.58. The summed E-state index contributed by atoms with van der Waals surface area (Å²) < 4.78 is 4.58. The first kappa shape index (κ1) is 7.85. The highest BCUT2D eigenvalue weighted by atomic mass is 16.5. The maximum absolute atomic E-state index is 11.0. The minimum absolute atomic E-state index is 0.281. The molecule has 0 aliphatic carbocycles. The Labute approximate surface area is 65.9 Å². The first-order chi connectivity index (χ1) is 5.25. The van der Waals surface area contributed by atoms with Crippen molar-refractivity contribution in [2.75, 3.05) is 20.7 Å². The summed E-state index contributed by atoms with van der Waals surface area (Å²) in [7, 11) is 3.24. The van der Waals surface area contributed by atoms with Crippen LogP contribution in [0.2, 0.25) is 0 Å². The van der Waals surface area contributed by atoms with Crippen LogP contribution in [0.3, 0.4) is 0 Å². The molecular weight excluding hydrogens is 142 g/mol. The van der Waals surface area contributed by atoms with E-state index in [1.165, 1.54) is 7.11 Å². The first-order valence-electron chi connectivity index (χ1n) is 3.42. The van der Waals surface area contributed by atoms with Crippen LogP contribution >= 0.6 is 0 Å². The highest BCUT2D eigenvalue weighted by molar-refractivity contribution is 5.88. The molecule has 1 rings (SSSR count). The average molecular weight is 153 g/mol. The Morgan fingerprint density at radius 3 is 3.00 bits per heavy atom. The molecule has 60 valence electrons. The van der Waals surface area contributed by atoms with Crippen LogP contribution in [0.4, 0.5) is 0 Å². The maximum Gasteiger partial charge on any atom is 0.354 e. The number of hydrogen-bond donors (Lipinski definition) is 0. The summed E-state index contributed by atoms with van der Waals surface area (Å²) in [5, 5.41) is 0. The second kappa shape index (κ2) is 3.23. The van der Waals surface area contributed by atoms with Gasteiger partial charge in [0.25, 0.3) is 0 Å². The SMILES string of the molecule is COC(=O)C1=CC=CCN1C. The van der Waals surface area contributed by atoms with E-state index in [1.54, 1.807) is 6.08 Å². The van der Waals surface area contributed by atoms with Crippen LogP contribution in [-0.2, 0) is 9.53 Å². The molecule has 0 saturated carbocycles. The van der Waals surface area contributed by atoms with Crippen molar-refractivity contribution >= 4 is 5.97 Å². The minimum atomic E-state index is -0.281. The molecule has 0 aromatic rings. The Morgan fingerprint density at radius 1 is 1.73 bits per heavy atom. The number of carbonyl (C=O) groups excluding carboxylic acids is 1. The Bertz CT molecular complexity index is 218. The van der Waals surface area contributed by atoms with Crippen molar-refractivity contribution in [3.63, 3.8) is 0 Å². The smallest absolute Gasteiger partial charge is 0.354 e. The van der Waals surface area contributed by atoms with Gasteiger partial charge >= 0.3 is 5.97 Å². The number of hydrogen-bond acceptors (Lipinski definition) is 3. The van der Waals surface area contributed by atoms with Crippen LogP contribution < -0.4 is 0 Å². The quantitative estimate of drug-likeness (QED) is 0.515. The molecule has 11 heavy (non-hydrogen) atoms. The van der Waals surface area contributed by atoms with Crippen molar-refractivity contribution in [1.82, 2.24) is 4.90 Å². The van der Waals surface area contributed by atoms with Gasteiger partial charge in [-0.05, 0) is 6.08 Å². The second-order valence-electron chi connectivity index (χ2n) is 2.35. The zero-order valence-electron chi connectivity index (χ0n) is 6.70. The van der Waals surface area contributed by atoms with E-state index in [0.717, 1.165) is 6.54 Å². The maximum atomic E-state index is 11.0. The molecule has 0 aromatic carbocycles. The monoisotopic (exact) mass is 153 g/mol. The molecule has 0 unspecified atom stereocenters. The zero-order valence-corrected chi connectivity index (χ0v) is 6.70. The number of ether oxygens (including phenoxy) is 1. The van der Waals surface area contributed by atoms with E-state index in [2.05, 4.69) is 4.74 Å². The Hall–Kier alpha value is -1.25. The summed E-state index contributed by atoms with van der Waals surface area (Å²) in [4.78, 5) is 12.9. The van der Waals surface area contributed by atoms with Gasteiger partial charge in [-0.25, -0.2) is 4.79 Å². The molecule has 0 fully saturated rings. The van der Waals surface area contributed by atoms with Crippen molar-refractivity contribution < 1.29 is 9.53 Å². The summed E-state index contributed by atoms with van der Waals surface area (Å²) in [6.07, 6.45) is 5.58. The van der Waals surface area contributed by atoms with Gasteiger partial charge < -0.3 is 9.64 Å². The van der Waals surface area contributed by atoms with Crippen LogP contribution in [0.5, 0.6) is 0 Å². The molecule has 0 aromatic heterocycles. The topological polar surface area (TPSA) is 29.5 Å². The fourth-order valence-corrected chi connectivity index (χ4v) is 0.932. The normalized spacial score (nSPS) is 16.2. The molecule has 0 bridgehead atoms. The van der Waals surface area contributed by atoms with Crippen LogP contribution in [0, 0.1) is 0 Å². The van der Waals surface area contributed by atoms with Gasteiger partial charge in [0.2, 0.25) is 0 Å². The zero-order chi connectivity index (χ0) is 8.27. The summed E-state index contributed by atoms with van der Waals surface area (Å²) in [5.41, 5.74) is 0.606. The van der Waals surface area contributed by atoms with Gasteiger partial charge in [0.05, 0.1) is 7.11 Å². The lowest BCUT2D eigenvalue weighted by Gasteiger charge is -2.20. The van der Waals surface area contributed by atoms with Gasteiger partial charge in [0.15, 0.2) is 0 Å². The fourth-order valence-electron chi connectivity index (χ4n) is 0.932. The molecule has 3 heteroatoms. The number of carbonyl (C=O) groups is 1. The molecule has 1 aliphatic rings. The van der Waals surface area contributed by atoms with E-state index >= 15 is 0 Å². The molecular formula is C8H11NO2.